The van der Waals surface area contributed by atoms with Gasteiger partial charge in [0.1, 0.15) is 24.7 Å². The molecule has 0 aliphatic carbocycles. The third-order valence-electron chi connectivity index (χ3n) is 4.29. The first-order valence-electron chi connectivity index (χ1n) is 8.17. The van der Waals surface area contributed by atoms with Crippen molar-refractivity contribution in [3.63, 3.8) is 0 Å². The van der Waals surface area contributed by atoms with Crippen LogP contribution in [0.15, 0.2) is 48.7 Å². The molecule has 1 aliphatic heterocycles. The summed E-state index contributed by atoms with van der Waals surface area (Å²) in [6.07, 6.45) is 1.98. The van der Waals surface area contributed by atoms with E-state index in [0.717, 1.165) is 45.2 Å². The van der Waals surface area contributed by atoms with Gasteiger partial charge in [-0.15, -0.1) is 0 Å². The maximum Gasteiger partial charge on any atom is 0.162 e. The standard InChI is InChI=1S/C19H16N4O2/c1-23-11-13(19-20-14-4-2-3-5-15(14)21-19)18(22-23)12-6-7-16-17(10-12)25-9-8-24-16/h2-7,10-11H,8-9H2,1H3,(H,20,21). The second-order valence-electron chi connectivity index (χ2n) is 6.03. The van der Waals surface area contributed by atoms with Crippen LogP contribution in [0.2, 0.25) is 0 Å². The summed E-state index contributed by atoms with van der Waals surface area (Å²) < 4.78 is 13.1. The summed E-state index contributed by atoms with van der Waals surface area (Å²) in [5, 5.41) is 4.64. The summed E-state index contributed by atoms with van der Waals surface area (Å²) in [4.78, 5) is 8.08. The van der Waals surface area contributed by atoms with Crippen molar-refractivity contribution < 1.29 is 9.47 Å². The van der Waals surface area contributed by atoms with Crippen LogP contribution in [-0.4, -0.2) is 33.0 Å². The molecule has 1 N–H and O–H groups in total. The molecule has 0 saturated heterocycles. The number of aryl methyl sites for hydroxylation is 1. The Morgan fingerprint density at radius 1 is 1.04 bits per heavy atom. The summed E-state index contributed by atoms with van der Waals surface area (Å²) in [6, 6.07) is 13.9. The van der Waals surface area contributed by atoms with Crippen LogP contribution in [0.3, 0.4) is 0 Å². The van der Waals surface area contributed by atoms with Gasteiger partial charge in [-0.1, -0.05) is 12.1 Å². The first kappa shape index (κ1) is 14.1. The fourth-order valence-corrected chi connectivity index (χ4v) is 3.15. The highest BCUT2D eigenvalue weighted by Gasteiger charge is 2.18. The van der Waals surface area contributed by atoms with E-state index in [9.17, 15) is 0 Å². The van der Waals surface area contributed by atoms with Gasteiger partial charge < -0.3 is 14.5 Å². The van der Waals surface area contributed by atoms with Gasteiger partial charge in [-0.3, -0.25) is 4.68 Å². The Morgan fingerprint density at radius 3 is 2.76 bits per heavy atom. The summed E-state index contributed by atoms with van der Waals surface area (Å²) in [5.74, 6) is 2.33. The number of fused-ring (bicyclic) bond motifs is 2. The zero-order valence-electron chi connectivity index (χ0n) is 13.7. The van der Waals surface area contributed by atoms with Crippen LogP contribution in [0.5, 0.6) is 11.5 Å². The zero-order chi connectivity index (χ0) is 16.8. The highest BCUT2D eigenvalue weighted by atomic mass is 16.6. The second kappa shape index (κ2) is 5.37. The molecule has 124 valence electrons. The Kier molecular flexibility index (Phi) is 3.03. The third kappa shape index (κ3) is 2.34. The molecule has 0 amide bonds. The van der Waals surface area contributed by atoms with Gasteiger partial charge in [0.25, 0.3) is 0 Å². The molecule has 0 unspecified atom stereocenters. The Hall–Kier alpha value is -3.28. The molecule has 4 aromatic rings. The van der Waals surface area contributed by atoms with Crippen LogP contribution in [0.4, 0.5) is 0 Å². The van der Waals surface area contributed by atoms with Crippen LogP contribution in [0.1, 0.15) is 0 Å². The third-order valence-corrected chi connectivity index (χ3v) is 4.29. The van der Waals surface area contributed by atoms with E-state index in [1.807, 2.05) is 55.7 Å². The number of para-hydroxylation sites is 2. The number of imidazole rings is 1. The van der Waals surface area contributed by atoms with Crippen molar-refractivity contribution >= 4 is 11.0 Å². The molecule has 0 atom stereocenters. The average Bonchev–Trinajstić information content (AvgIpc) is 3.24. The molecular weight excluding hydrogens is 316 g/mol. The number of ether oxygens (including phenoxy) is 2. The number of hydrogen-bond acceptors (Lipinski definition) is 4. The van der Waals surface area contributed by atoms with Gasteiger partial charge in [-0.05, 0) is 30.3 Å². The number of aromatic nitrogens is 4. The molecule has 25 heavy (non-hydrogen) atoms. The molecule has 2 aromatic carbocycles. The lowest BCUT2D eigenvalue weighted by Gasteiger charge is -2.18. The minimum Gasteiger partial charge on any atom is -0.486 e. The van der Waals surface area contributed by atoms with Crippen LogP contribution in [0, 0.1) is 0 Å². The molecule has 0 radical (unpaired) electrons. The first-order chi connectivity index (χ1) is 12.3. The van der Waals surface area contributed by atoms with E-state index in [0.29, 0.717) is 13.2 Å². The maximum atomic E-state index is 5.70. The quantitative estimate of drug-likeness (QED) is 0.611. The molecule has 1 aliphatic rings. The number of hydrogen-bond donors (Lipinski definition) is 1. The van der Waals surface area contributed by atoms with E-state index in [2.05, 4.69) is 10.1 Å². The molecule has 2 aromatic heterocycles. The van der Waals surface area contributed by atoms with Crippen molar-refractivity contribution in [3.8, 4) is 34.1 Å². The topological polar surface area (TPSA) is 65.0 Å². The van der Waals surface area contributed by atoms with Gasteiger partial charge in [0.15, 0.2) is 11.5 Å². The molecule has 0 saturated carbocycles. The Balaban J connectivity index is 1.65. The fraction of sp³-hybridized carbons (Fsp3) is 0.158. The molecule has 3 heterocycles. The SMILES string of the molecule is Cn1cc(-c2nc3ccccc3[nH]2)c(-c2ccc3c(c2)OCCO3)n1. The van der Waals surface area contributed by atoms with Crippen LogP contribution >= 0.6 is 0 Å². The predicted molar refractivity (Wildman–Crippen MR) is 94.7 cm³/mol. The Morgan fingerprint density at radius 2 is 1.88 bits per heavy atom. The summed E-state index contributed by atoms with van der Waals surface area (Å²) in [6.45, 7) is 1.15. The monoisotopic (exact) mass is 332 g/mol. The smallest absolute Gasteiger partial charge is 0.162 e. The van der Waals surface area contributed by atoms with Gasteiger partial charge >= 0.3 is 0 Å². The molecule has 5 rings (SSSR count). The number of H-pyrrole nitrogens is 1. The lowest BCUT2D eigenvalue weighted by molar-refractivity contribution is 0.171. The first-order valence-corrected chi connectivity index (χ1v) is 8.17. The van der Waals surface area contributed by atoms with Crippen molar-refractivity contribution in [2.75, 3.05) is 13.2 Å². The molecule has 6 heteroatoms. The fourth-order valence-electron chi connectivity index (χ4n) is 3.15. The number of nitrogens with zero attached hydrogens (tertiary/aromatic N) is 3. The lowest BCUT2D eigenvalue weighted by atomic mass is 10.1. The van der Waals surface area contributed by atoms with Crippen molar-refractivity contribution in [1.82, 2.24) is 19.7 Å². The molecule has 0 fully saturated rings. The lowest BCUT2D eigenvalue weighted by Crippen LogP contribution is -2.15. The predicted octanol–water partition coefficient (Wildman–Crippen LogP) is 3.40. The second-order valence-corrected chi connectivity index (χ2v) is 6.03. The highest BCUT2D eigenvalue weighted by molar-refractivity contribution is 5.84. The Bertz CT molecular complexity index is 1050. The zero-order valence-corrected chi connectivity index (χ0v) is 13.7. The van der Waals surface area contributed by atoms with Gasteiger partial charge in [0.2, 0.25) is 0 Å². The molecule has 0 spiro atoms. The van der Waals surface area contributed by atoms with Gasteiger partial charge in [-0.2, -0.15) is 5.10 Å². The van der Waals surface area contributed by atoms with Crippen LogP contribution in [-0.2, 0) is 7.05 Å². The molecule has 0 bridgehead atoms. The van der Waals surface area contributed by atoms with Crippen LogP contribution in [0.25, 0.3) is 33.7 Å². The van der Waals surface area contributed by atoms with Crippen LogP contribution < -0.4 is 9.47 Å². The van der Waals surface area contributed by atoms with Crippen molar-refractivity contribution in [1.29, 1.82) is 0 Å². The number of benzene rings is 2. The summed E-state index contributed by atoms with van der Waals surface area (Å²) in [7, 11) is 1.91. The normalized spacial score (nSPS) is 13.3. The van der Waals surface area contributed by atoms with Gasteiger partial charge in [-0.25, -0.2) is 4.98 Å². The average molecular weight is 332 g/mol. The van der Waals surface area contributed by atoms with E-state index in [1.54, 1.807) is 4.68 Å². The van der Waals surface area contributed by atoms with Crippen molar-refractivity contribution in [2.24, 2.45) is 7.05 Å². The van der Waals surface area contributed by atoms with E-state index < -0.39 is 0 Å². The number of aromatic amines is 1. The van der Waals surface area contributed by atoms with Crippen molar-refractivity contribution in [2.45, 2.75) is 0 Å². The number of rotatable bonds is 2. The minimum absolute atomic E-state index is 0.565. The molecular formula is C19H16N4O2. The van der Waals surface area contributed by atoms with Gasteiger partial charge in [0, 0.05) is 18.8 Å². The maximum absolute atomic E-state index is 5.70. The van der Waals surface area contributed by atoms with E-state index in [-0.39, 0.29) is 0 Å². The molecule has 6 nitrogen and oxygen atoms in total. The largest absolute Gasteiger partial charge is 0.486 e. The number of nitrogens with one attached hydrogen (secondary N) is 1. The van der Waals surface area contributed by atoms with E-state index >= 15 is 0 Å². The minimum atomic E-state index is 0.565. The summed E-state index contributed by atoms with van der Waals surface area (Å²) >= 11 is 0. The van der Waals surface area contributed by atoms with E-state index in [4.69, 9.17) is 14.5 Å². The van der Waals surface area contributed by atoms with Gasteiger partial charge in [0.05, 0.1) is 16.6 Å². The summed E-state index contributed by atoms with van der Waals surface area (Å²) in [5.41, 5.74) is 4.73. The van der Waals surface area contributed by atoms with Crippen molar-refractivity contribution in [3.05, 3.63) is 48.7 Å². The Labute approximate surface area is 144 Å². The van der Waals surface area contributed by atoms with E-state index in [1.165, 1.54) is 0 Å². The highest BCUT2D eigenvalue weighted by Crippen LogP contribution is 2.37.